The van der Waals surface area contributed by atoms with Crippen molar-refractivity contribution >= 4 is 15.7 Å². The Morgan fingerprint density at radius 2 is 1.81 bits per heavy atom. The Balaban J connectivity index is 2.14. The summed E-state index contributed by atoms with van der Waals surface area (Å²) >= 11 is 0. The summed E-state index contributed by atoms with van der Waals surface area (Å²) < 4.78 is 32.5. The average molecular weight is 312 g/mol. The molecule has 0 atom stereocenters. The number of hydrogen-bond acceptors (Lipinski definition) is 4. The molecule has 0 bridgehead atoms. The van der Waals surface area contributed by atoms with Gasteiger partial charge in [-0.3, -0.25) is 0 Å². The van der Waals surface area contributed by atoms with Crippen LogP contribution < -0.4 is 15.2 Å². The summed E-state index contributed by atoms with van der Waals surface area (Å²) in [4.78, 5) is 0.0968. The van der Waals surface area contributed by atoms with Gasteiger partial charge < -0.3 is 10.5 Å². The van der Waals surface area contributed by atoms with Gasteiger partial charge in [-0.2, -0.15) is 0 Å². The van der Waals surface area contributed by atoms with Crippen molar-refractivity contribution < 1.29 is 13.2 Å². The topological polar surface area (TPSA) is 81.4 Å². The molecule has 6 heteroatoms. The Bertz CT molecular complexity index is 637. The Hall–Kier alpha value is -1.27. The van der Waals surface area contributed by atoms with Crippen molar-refractivity contribution in [2.45, 2.75) is 32.6 Å². The lowest BCUT2D eigenvalue weighted by atomic mass is 10.0. The fourth-order valence-corrected chi connectivity index (χ4v) is 4.17. The van der Waals surface area contributed by atoms with E-state index in [0.717, 1.165) is 0 Å². The molecule has 5 nitrogen and oxygen atoms in total. The minimum absolute atomic E-state index is 0.0968. The predicted octanol–water partition coefficient (Wildman–Crippen LogP) is 2.24. The molecule has 3 N–H and O–H groups in total. The monoisotopic (exact) mass is 312 g/mol. The van der Waals surface area contributed by atoms with Gasteiger partial charge in [0.2, 0.25) is 10.0 Å². The van der Waals surface area contributed by atoms with Crippen LogP contribution in [0.2, 0.25) is 0 Å². The van der Waals surface area contributed by atoms with Crippen molar-refractivity contribution in [3.8, 4) is 5.75 Å². The first-order valence-electron chi connectivity index (χ1n) is 6.97. The molecule has 2 rings (SSSR count). The Kier molecular flexibility index (Phi) is 3.74. The number of sulfonamides is 1. The molecular formula is C15H24N2O3S. The third-order valence-corrected chi connectivity index (χ3v) is 6.80. The van der Waals surface area contributed by atoms with Crippen LogP contribution in [0.3, 0.4) is 0 Å². The average Bonchev–Trinajstić information content (AvgIpc) is 2.76. The molecule has 1 aromatic rings. The largest absolute Gasteiger partial charge is 0.497 e. The Labute approximate surface area is 126 Å². The number of rotatable bonds is 5. The summed E-state index contributed by atoms with van der Waals surface area (Å²) in [5.41, 5.74) is 6.28. The van der Waals surface area contributed by atoms with Gasteiger partial charge in [-0.15, -0.1) is 0 Å². The molecule has 0 aliphatic heterocycles. The van der Waals surface area contributed by atoms with Gasteiger partial charge in [-0.1, -0.05) is 27.7 Å². The lowest BCUT2D eigenvalue weighted by Crippen LogP contribution is -2.28. The summed E-state index contributed by atoms with van der Waals surface area (Å²) in [5.74, 6) is 0.857. The second-order valence-electron chi connectivity index (χ2n) is 6.75. The number of anilines is 1. The van der Waals surface area contributed by atoms with E-state index in [1.54, 1.807) is 6.07 Å². The maximum atomic E-state index is 12.4. The first kappa shape index (κ1) is 16.1. The summed E-state index contributed by atoms with van der Waals surface area (Å²) in [7, 11) is -2.09. The molecule has 21 heavy (non-hydrogen) atoms. The van der Waals surface area contributed by atoms with Crippen molar-refractivity contribution in [3.05, 3.63) is 18.2 Å². The predicted molar refractivity (Wildman–Crippen MR) is 83.6 cm³/mol. The number of nitrogen functional groups attached to an aromatic ring is 1. The molecule has 1 aliphatic carbocycles. The lowest BCUT2D eigenvalue weighted by molar-refractivity contribution is 0.414. The SMILES string of the molecule is COc1ccc(S(=O)(=O)NCC2C(C)(C)C2(C)C)c(N)c1. The van der Waals surface area contributed by atoms with Gasteiger partial charge in [-0.25, -0.2) is 13.1 Å². The van der Waals surface area contributed by atoms with E-state index in [2.05, 4.69) is 32.4 Å². The number of nitrogens with one attached hydrogen (secondary N) is 1. The van der Waals surface area contributed by atoms with Gasteiger partial charge >= 0.3 is 0 Å². The van der Waals surface area contributed by atoms with E-state index in [-0.39, 0.29) is 21.4 Å². The summed E-state index contributed by atoms with van der Waals surface area (Å²) in [6.07, 6.45) is 0. The van der Waals surface area contributed by atoms with E-state index in [9.17, 15) is 8.42 Å². The van der Waals surface area contributed by atoms with Crippen molar-refractivity contribution in [3.63, 3.8) is 0 Å². The minimum atomic E-state index is -3.60. The van der Waals surface area contributed by atoms with Crippen molar-refractivity contribution in [2.24, 2.45) is 16.7 Å². The molecular weight excluding hydrogens is 288 g/mol. The quantitative estimate of drug-likeness (QED) is 0.817. The number of hydrogen-bond donors (Lipinski definition) is 2. The molecule has 0 amide bonds. The number of benzene rings is 1. The fourth-order valence-electron chi connectivity index (χ4n) is 3.01. The summed E-state index contributed by atoms with van der Waals surface area (Å²) in [5, 5.41) is 0. The zero-order valence-electron chi connectivity index (χ0n) is 13.2. The maximum Gasteiger partial charge on any atom is 0.242 e. The number of nitrogens with two attached hydrogens (primary N) is 1. The van der Waals surface area contributed by atoms with Crippen LogP contribution in [-0.2, 0) is 10.0 Å². The minimum Gasteiger partial charge on any atom is -0.497 e. The zero-order chi connectivity index (χ0) is 16.1. The van der Waals surface area contributed by atoms with Gasteiger partial charge in [0.1, 0.15) is 10.6 Å². The Morgan fingerprint density at radius 1 is 1.24 bits per heavy atom. The maximum absolute atomic E-state index is 12.4. The van der Waals surface area contributed by atoms with Gasteiger partial charge in [-0.05, 0) is 28.9 Å². The van der Waals surface area contributed by atoms with Crippen LogP contribution in [0.25, 0.3) is 0 Å². The number of ether oxygens (including phenoxy) is 1. The third kappa shape index (κ3) is 2.62. The lowest BCUT2D eigenvalue weighted by Gasteiger charge is -2.11. The molecule has 0 spiro atoms. The van der Waals surface area contributed by atoms with Crippen molar-refractivity contribution in [2.75, 3.05) is 19.4 Å². The molecule has 1 aliphatic rings. The highest BCUT2D eigenvalue weighted by Crippen LogP contribution is 2.67. The molecule has 0 saturated heterocycles. The van der Waals surface area contributed by atoms with Crippen LogP contribution >= 0.6 is 0 Å². The number of methoxy groups -OCH3 is 1. The highest BCUT2D eigenvalue weighted by molar-refractivity contribution is 7.89. The van der Waals surface area contributed by atoms with E-state index in [0.29, 0.717) is 18.2 Å². The molecule has 0 heterocycles. The molecule has 1 aromatic carbocycles. The third-order valence-electron chi connectivity index (χ3n) is 5.30. The summed E-state index contributed by atoms with van der Waals surface area (Å²) in [6.45, 7) is 9.07. The van der Waals surface area contributed by atoms with Crippen LogP contribution in [0.5, 0.6) is 5.75 Å². The van der Waals surface area contributed by atoms with E-state index in [1.807, 2.05) is 0 Å². The first-order chi connectivity index (χ1) is 9.54. The van der Waals surface area contributed by atoms with Crippen LogP contribution in [0.1, 0.15) is 27.7 Å². The van der Waals surface area contributed by atoms with E-state index in [4.69, 9.17) is 10.5 Å². The van der Waals surface area contributed by atoms with Crippen LogP contribution in [0.15, 0.2) is 23.1 Å². The summed E-state index contributed by atoms with van der Waals surface area (Å²) in [6, 6.07) is 4.58. The zero-order valence-corrected chi connectivity index (χ0v) is 14.0. The van der Waals surface area contributed by atoms with Gasteiger partial charge in [0.15, 0.2) is 0 Å². The Morgan fingerprint density at radius 3 is 2.24 bits per heavy atom. The van der Waals surface area contributed by atoms with Gasteiger partial charge in [0.25, 0.3) is 0 Å². The van der Waals surface area contributed by atoms with Crippen molar-refractivity contribution in [1.29, 1.82) is 0 Å². The molecule has 0 radical (unpaired) electrons. The molecule has 1 saturated carbocycles. The molecule has 0 aromatic heterocycles. The normalized spacial score (nSPS) is 20.2. The molecule has 118 valence electrons. The van der Waals surface area contributed by atoms with Gasteiger partial charge in [0.05, 0.1) is 12.8 Å². The second kappa shape index (κ2) is 4.88. The van der Waals surface area contributed by atoms with E-state index >= 15 is 0 Å². The molecule has 0 unspecified atom stereocenters. The molecule has 1 fully saturated rings. The highest BCUT2D eigenvalue weighted by atomic mass is 32.2. The van der Waals surface area contributed by atoms with E-state index < -0.39 is 10.0 Å². The first-order valence-corrected chi connectivity index (χ1v) is 8.45. The standard InChI is InChI=1S/C15H24N2O3S/c1-14(2)13(15(14,3)4)9-17-21(18,19)12-7-6-10(20-5)8-11(12)16/h6-8,13,17H,9,16H2,1-5H3. The van der Waals surface area contributed by atoms with E-state index in [1.165, 1.54) is 19.2 Å². The van der Waals surface area contributed by atoms with Crippen LogP contribution in [0, 0.1) is 16.7 Å². The second-order valence-corrected chi connectivity index (χ2v) is 8.49. The smallest absolute Gasteiger partial charge is 0.242 e. The highest BCUT2D eigenvalue weighted by Gasteiger charge is 2.64. The van der Waals surface area contributed by atoms with Crippen LogP contribution in [-0.4, -0.2) is 22.1 Å². The van der Waals surface area contributed by atoms with Crippen molar-refractivity contribution in [1.82, 2.24) is 4.72 Å². The fraction of sp³-hybridized carbons (Fsp3) is 0.600. The van der Waals surface area contributed by atoms with Gasteiger partial charge in [0, 0.05) is 12.6 Å². The van der Waals surface area contributed by atoms with Crippen LogP contribution in [0.4, 0.5) is 5.69 Å².